The van der Waals surface area contributed by atoms with Gasteiger partial charge in [0.1, 0.15) is 0 Å². The highest BCUT2D eigenvalue weighted by molar-refractivity contribution is 7.99. The molecule has 0 radical (unpaired) electrons. The van der Waals surface area contributed by atoms with Crippen LogP contribution in [0.3, 0.4) is 0 Å². The molecule has 0 saturated carbocycles. The fraction of sp³-hybridized carbons (Fsp3) is 0.250. The van der Waals surface area contributed by atoms with E-state index >= 15 is 0 Å². The molecule has 3 nitrogen and oxygen atoms in total. The van der Waals surface area contributed by atoms with Crippen molar-refractivity contribution >= 4 is 17.4 Å². The summed E-state index contributed by atoms with van der Waals surface area (Å²) >= 11 is 1.84. The van der Waals surface area contributed by atoms with Crippen molar-refractivity contribution in [3.63, 3.8) is 0 Å². The fourth-order valence-corrected chi connectivity index (χ4v) is 2.36. The molecule has 2 aromatic rings. The Balaban J connectivity index is 1.72. The summed E-state index contributed by atoms with van der Waals surface area (Å²) in [6.07, 6.45) is 6.79. The van der Waals surface area contributed by atoms with Gasteiger partial charge in [0, 0.05) is 29.5 Å². The van der Waals surface area contributed by atoms with Crippen LogP contribution in [0.4, 0.5) is 5.69 Å². The van der Waals surface area contributed by atoms with Crippen molar-refractivity contribution in [3.8, 4) is 0 Å². The normalized spacial score (nSPS) is 10.5. The first-order valence-corrected chi connectivity index (χ1v) is 6.27. The second-order valence-corrected chi connectivity index (χ2v) is 4.74. The molecule has 0 aliphatic rings. The lowest BCUT2D eigenvalue weighted by atomic mass is 10.3. The van der Waals surface area contributed by atoms with Gasteiger partial charge in [0.2, 0.25) is 0 Å². The van der Waals surface area contributed by atoms with E-state index in [0.717, 1.165) is 24.4 Å². The lowest BCUT2D eigenvalue weighted by Gasteiger charge is -2.03. The SMILES string of the molecule is Nc1cccc(SCCCn2ccnc2)c1. The average Bonchev–Trinajstić information content (AvgIpc) is 2.77. The van der Waals surface area contributed by atoms with Gasteiger partial charge in [-0.2, -0.15) is 0 Å². The van der Waals surface area contributed by atoms with Crippen molar-refractivity contribution in [1.82, 2.24) is 9.55 Å². The first-order chi connectivity index (χ1) is 7.84. The molecule has 0 atom stereocenters. The number of aryl methyl sites for hydroxylation is 1. The third-order valence-corrected chi connectivity index (χ3v) is 3.33. The minimum absolute atomic E-state index is 0.833. The number of aromatic nitrogens is 2. The highest BCUT2D eigenvalue weighted by atomic mass is 32.2. The minimum Gasteiger partial charge on any atom is -0.399 e. The molecular weight excluding hydrogens is 218 g/mol. The number of benzene rings is 1. The number of hydrogen-bond donors (Lipinski definition) is 1. The smallest absolute Gasteiger partial charge is 0.0945 e. The highest BCUT2D eigenvalue weighted by Gasteiger charge is 1.95. The molecule has 4 heteroatoms. The van der Waals surface area contributed by atoms with Gasteiger partial charge in [-0.05, 0) is 30.4 Å². The molecule has 2 rings (SSSR count). The summed E-state index contributed by atoms with van der Waals surface area (Å²) in [6.45, 7) is 1.02. The number of thioether (sulfide) groups is 1. The zero-order valence-electron chi connectivity index (χ0n) is 9.04. The fourth-order valence-electron chi connectivity index (χ4n) is 1.46. The van der Waals surface area contributed by atoms with Gasteiger partial charge in [0.05, 0.1) is 6.33 Å². The van der Waals surface area contributed by atoms with Gasteiger partial charge >= 0.3 is 0 Å². The van der Waals surface area contributed by atoms with Crippen molar-refractivity contribution in [2.45, 2.75) is 17.9 Å². The molecule has 1 aromatic heterocycles. The lowest BCUT2D eigenvalue weighted by molar-refractivity contribution is 0.683. The largest absolute Gasteiger partial charge is 0.399 e. The van der Waals surface area contributed by atoms with Crippen LogP contribution in [0.2, 0.25) is 0 Å². The monoisotopic (exact) mass is 233 g/mol. The third-order valence-electron chi connectivity index (χ3n) is 2.25. The van der Waals surface area contributed by atoms with Gasteiger partial charge in [-0.25, -0.2) is 4.98 Å². The maximum atomic E-state index is 5.71. The van der Waals surface area contributed by atoms with E-state index in [9.17, 15) is 0 Å². The Morgan fingerprint density at radius 1 is 1.38 bits per heavy atom. The zero-order valence-corrected chi connectivity index (χ0v) is 9.86. The molecule has 0 bridgehead atoms. The molecule has 1 aromatic carbocycles. The van der Waals surface area contributed by atoms with Crippen LogP contribution >= 0.6 is 11.8 Å². The Bertz CT molecular complexity index is 426. The van der Waals surface area contributed by atoms with Crippen LogP contribution in [0.5, 0.6) is 0 Å². The maximum Gasteiger partial charge on any atom is 0.0945 e. The number of nitrogens with zero attached hydrogens (tertiary/aromatic N) is 2. The summed E-state index contributed by atoms with van der Waals surface area (Å²) in [7, 11) is 0. The molecule has 16 heavy (non-hydrogen) atoms. The number of rotatable bonds is 5. The van der Waals surface area contributed by atoms with Crippen LogP contribution < -0.4 is 5.73 Å². The summed E-state index contributed by atoms with van der Waals surface area (Å²) in [4.78, 5) is 5.25. The van der Waals surface area contributed by atoms with Crippen molar-refractivity contribution in [2.75, 3.05) is 11.5 Å². The van der Waals surface area contributed by atoms with Gasteiger partial charge < -0.3 is 10.3 Å². The van der Waals surface area contributed by atoms with Crippen LogP contribution in [0.1, 0.15) is 6.42 Å². The number of nitrogen functional groups attached to an aromatic ring is 1. The van der Waals surface area contributed by atoms with E-state index < -0.39 is 0 Å². The number of imidazole rings is 1. The standard InChI is InChI=1S/C12H15N3S/c13-11-3-1-4-12(9-11)16-8-2-6-15-7-5-14-10-15/h1,3-5,7,9-10H,2,6,8,13H2. The first kappa shape index (κ1) is 11.1. The zero-order chi connectivity index (χ0) is 11.2. The van der Waals surface area contributed by atoms with Crippen molar-refractivity contribution in [2.24, 2.45) is 0 Å². The van der Waals surface area contributed by atoms with Gasteiger partial charge in [-0.3, -0.25) is 0 Å². The molecule has 0 fully saturated rings. The van der Waals surface area contributed by atoms with E-state index in [1.54, 1.807) is 0 Å². The molecule has 0 unspecified atom stereocenters. The van der Waals surface area contributed by atoms with E-state index in [1.165, 1.54) is 4.90 Å². The Labute approximate surface area is 99.7 Å². The summed E-state index contributed by atoms with van der Waals surface area (Å²) in [6, 6.07) is 8.02. The third kappa shape index (κ3) is 3.31. The number of hydrogen-bond acceptors (Lipinski definition) is 3. The summed E-state index contributed by atoms with van der Waals surface area (Å²) in [5, 5.41) is 0. The van der Waals surface area contributed by atoms with Crippen LogP contribution in [0.25, 0.3) is 0 Å². The molecule has 84 valence electrons. The van der Waals surface area contributed by atoms with Gasteiger partial charge in [-0.15, -0.1) is 11.8 Å². The van der Waals surface area contributed by atoms with Gasteiger partial charge in [0.15, 0.2) is 0 Å². The number of anilines is 1. The Morgan fingerprint density at radius 3 is 3.06 bits per heavy atom. The summed E-state index contributed by atoms with van der Waals surface area (Å²) in [5.74, 6) is 1.10. The first-order valence-electron chi connectivity index (χ1n) is 5.29. The molecular formula is C12H15N3S. The molecule has 2 N–H and O–H groups in total. The van der Waals surface area contributed by atoms with E-state index in [1.807, 2.05) is 48.7 Å². The Morgan fingerprint density at radius 2 is 2.31 bits per heavy atom. The van der Waals surface area contributed by atoms with E-state index in [4.69, 9.17) is 5.73 Å². The predicted octanol–water partition coefficient (Wildman–Crippen LogP) is 2.65. The van der Waals surface area contributed by atoms with E-state index in [0.29, 0.717) is 0 Å². The predicted molar refractivity (Wildman–Crippen MR) is 68.4 cm³/mol. The van der Waals surface area contributed by atoms with Crippen LogP contribution in [-0.4, -0.2) is 15.3 Å². The molecule has 0 amide bonds. The quantitative estimate of drug-likeness (QED) is 0.490. The highest BCUT2D eigenvalue weighted by Crippen LogP contribution is 2.20. The molecule has 0 spiro atoms. The molecule has 0 saturated heterocycles. The Kier molecular flexibility index (Phi) is 3.88. The van der Waals surface area contributed by atoms with Crippen LogP contribution in [0.15, 0.2) is 47.9 Å². The van der Waals surface area contributed by atoms with Gasteiger partial charge in [0.25, 0.3) is 0 Å². The minimum atomic E-state index is 0.833. The lowest BCUT2D eigenvalue weighted by Crippen LogP contribution is -1.95. The topological polar surface area (TPSA) is 43.8 Å². The molecule has 1 heterocycles. The van der Waals surface area contributed by atoms with Gasteiger partial charge in [-0.1, -0.05) is 6.07 Å². The summed E-state index contributed by atoms with van der Waals surface area (Å²) in [5.41, 5.74) is 6.55. The van der Waals surface area contributed by atoms with Crippen LogP contribution in [-0.2, 0) is 6.54 Å². The summed E-state index contributed by atoms with van der Waals surface area (Å²) < 4.78 is 2.10. The van der Waals surface area contributed by atoms with E-state index in [2.05, 4.69) is 15.6 Å². The van der Waals surface area contributed by atoms with E-state index in [-0.39, 0.29) is 0 Å². The van der Waals surface area contributed by atoms with Crippen molar-refractivity contribution < 1.29 is 0 Å². The maximum absolute atomic E-state index is 5.71. The molecule has 0 aliphatic heterocycles. The average molecular weight is 233 g/mol. The van der Waals surface area contributed by atoms with Crippen molar-refractivity contribution in [1.29, 1.82) is 0 Å². The Hall–Kier alpha value is -1.42. The molecule has 0 aliphatic carbocycles. The second kappa shape index (κ2) is 5.61. The number of nitrogens with two attached hydrogens (primary N) is 1. The van der Waals surface area contributed by atoms with Crippen molar-refractivity contribution in [3.05, 3.63) is 43.0 Å². The van der Waals surface area contributed by atoms with Crippen LogP contribution in [0, 0.1) is 0 Å². The second-order valence-electron chi connectivity index (χ2n) is 3.58.